The van der Waals surface area contributed by atoms with Crippen molar-refractivity contribution in [2.75, 3.05) is 7.11 Å². The van der Waals surface area contributed by atoms with Crippen LogP contribution in [0.1, 0.15) is 11.7 Å². The van der Waals surface area contributed by atoms with Gasteiger partial charge in [0.1, 0.15) is 0 Å². The summed E-state index contributed by atoms with van der Waals surface area (Å²) < 4.78 is 18.2. The van der Waals surface area contributed by atoms with E-state index in [4.69, 9.17) is 4.74 Å². The quantitative estimate of drug-likeness (QED) is 0.851. The van der Waals surface area contributed by atoms with Gasteiger partial charge in [0.15, 0.2) is 24.0 Å². The maximum Gasteiger partial charge on any atom is 0.181 e. The van der Waals surface area contributed by atoms with Crippen LogP contribution >= 0.6 is 15.9 Å². The molecule has 1 N–H and O–H groups in total. The Hall–Kier alpha value is -1.10. The third kappa shape index (κ3) is 2.04. The number of benzene rings is 1. The summed E-state index contributed by atoms with van der Waals surface area (Å²) in [5, 5.41) is 9.33. The average Bonchev–Trinajstić information content (AvgIpc) is 2.19. The molecule has 1 rings (SSSR count). The summed E-state index contributed by atoms with van der Waals surface area (Å²) >= 11 is 3.07. The molecule has 1 aromatic rings. The Morgan fingerprint density at radius 2 is 2.29 bits per heavy atom. The number of rotatable bonds is 3. The van der Waals surface area contributed by atoms with Gasteiger partial charge in [0.2, 0.25) is 0 Å². The first-order valence-corrected chi connectivity index (χ1v) is 4.55. The second kappa shape index (κ2) is 4.41. The molecule has 0 saturated heterocycles. The molecule has 76 valence electrons. The molecule has 0 bridgehead atoms. The van der Waals surface area contributed by atoms with Crippen LogP contribution in [-0.2, 0) is 4.79 Å². The number of halogens is 2. The fraction of sp³-hybridized carbons (Fsp3) is 0.222. The molecule has 0 heterocycles. The molecule has 1 unspecified atom stereocenters. The fourth-order valence-electron chi connectivity index (χ4n) is 1.01. The standard InChI is InChI=1S/C9H8BrFO3/c1-14-9-3-6(10)5(2-8(9)13)7(11)4-12/h2-4,7,13H,1H3. The monoisotopic (exact) mass is 262 g/mol. The van der Waals surface area contributed by atoms with E-state index in [0.717, 1.165) is 6.07 Å². The third-order valence-electron chi connectivity index (χ3n) is 1.71. The van der Waals surface area contributed by atoms with Crippen molar-refractivity contribution in [2.45, 2.75) is 6.17 Å². The Balaban J connectivity index is 3.21. The van der Waals surface area contributed by atoms with E-state index in [0.29, 0.717) is 4.47 Å². The van der Waals surface area contributed by atoms with Gasteiger partial charge in [-0.15, -0.1) is 0 Å². The smallest absolute Gasteiger partial charge is 0.181 e. The van der Waals surface area contributed by atoms with Gasteiger partial charge < -0.3 is 9.84 Å². The maximum absolute atomic E-state index is 13.0. The number of hydrogen-bond acceptors (Lipinski definition) is 3. The van der Waals surface area contributed by atoms with Gasteiger partial charge in [0.05, 0.1) is 7.11 Å². The highest BCUT2D eigenvalue weighted by Gasteiger charge is 2.15. The van der Waals surface area contributed by atoms with Gasteiger partial charge in [-0.05, 0) is 12.1 Å². The van der Waals surface area contributed by atoms with Crippen molar-refractivity contribution in [2.24, 2.45) is 0 Å². The van der Waals surface area contributed by atoms with Crippen molar-refractivity contribution in [3.05, 3.63) is 22.2 Å². The van der Waals surface area contributed by atoms with Crippen molar-refractivity contribution in [1.82, 2.24) is 0 Å². The largest absolute Gasteiger partial charge is 0.504 e. The van der Waals surface area contributed by atoms with Crippen LogP contribution in [0, 0.1) is 0 Å². The first-order valence-electron chi connectivity index (χ1n) is 3.76. The van der Waals surface area contributed by atoms with Gasteiger partial charge in [-0.25, -0.2) is 4.39 Å². The number of hydrogen-bond donors (Lipinski definition) is 1. The SMILES string of the molecule is COc1cc(Br)c(C(F)C=O)cc1O. The van der Waals surface area contributed by atoms with E-state index in [2.05, 4.69) is 15.9 Å². The molecule has 0 aliphatic rings. The molecule has 0 aromatic heterocycles. The van der Waals surface area contributed by atoms with Crippen molar-refractivity contribution >= 4 is 22.2 Å². The molecule has 3 nitrogen and oxygen atoms in total. The number of methoxy groups -OCH3 is 1. The molecule has 1 atom stereocenters. The van der Waals surface area contributed by atoms with Gasteiger partial charge in [0.25, 0.3) is 0 Å². The van der Waals surface area contributed by atoms with Crippen LogP contribution < -0.4 is 4.74 Å². The predicted molar refractivity (Wildman–Crippen MR) is 52.3 cm³/mol. The lowest BCUT2D eigenvalue weighted by molar-refractivity contribution is -0.112. The van der Waals surface area contributed by atoms with Crippen molar-refractivity contribution < 1.29 is 19.0 Å². The minimum atomic E-state index is -1.75. The Labute approximate surface area is 88.6 Å². The van der Waals surface area contributed by atoms with E-state index in [1.54, 1.807) is 0 Å². The third-order valence-corrected chi connectivity index (χ3v) is 2.40. The Bertz CT molecular complexity index is 354. The summed E-state index contributed by atoms with van der Waals surface area (Å²) in [6.45, 7) is 0. The average molecular weight is 263 g/mol. The normalized spacial score (nSPS) is 12.2. The first kappa shape index (κ1) is 11.0. The number of ether oxygens (including phenoxy) is 1. The minimum Gasteiger partial charge on any atom is -0.504 e. The number of phenols is 1. The number of carbonyl (C=O) groups excluding carboxylic acids is 1. The zero-order valence-corrected chi connectivity index (χ0v) is 8.92. The summed E-state index contributed by atoms with van der Waals surface area (Å²) in [5.74, 6) is 0.0222. The molecule has 14 heavy (non-hydrogen) atoms. The van der Waals surface area contributed by atoms with Gasteiger partial charge in [-0.3, -0.25) is 4.79 Å². The number of alkyl halides is 1. The highest BCUT2D eigenvalue weighted by molar-refractivity contribution is 9.10. The summed E-state index contributed by atoms with van der Waals surface area (Å²) in [7, 11) is 1.38. The Morgan fingerprint density at radius 3 is 2.79 bits per heavy atom. The summed E-state index contributed by atoms with van der Waals surface area (Å²) in [5.41, 5.74) is 0.0818. The van der Waals surface area contributed by atoms with Gasteiger partial charge in [-0.2, -0.15) is 0 Å². The van der Waals surface area contributed by atoms with Crippen LogP contribution in [0.5, 0.6) is 11.5 Å². The molecule has 0 amide bonds. The molecule has 0 aliphatic heterocycles. The molecule has 0 saturated carbocycles. The summed E-state index contributed by atoms with van der Waals surface area (Å²) in [6.07, 6.45) is -1.59. The molecule has 0 fully saturated rings. The molecule has 0 aliphatic carbocycles. The number of phenolic OH excluding ortho intramolecular Hbond substituents is 1. The summed E-state index contributed by atoms with van der Waals surface area (Å²) in [6, 6.07) is 2.56. The van der Waals surface area contributed by atoms with E-state index in [1.165, 1.54) is 13.2 Å². The summed E-state index contributed by atoms with van der Waals surface area (Å²) in [4.78, 5) is 10.2. The minimum absolute atomic E-state index is 0.0818. The van der Waals surface area contributed by atoms with Crippen LogP contribution in [0.15, 0.2) is 16.6 Å². The van der Waals surface area contributed by atoms with Crippen molar-refractivity contribution in [3.8, 4) is 11.5 Å². The fourth-order valence-corrected chi connectivity index (χ4v) is 1.55. The van der Waals surface area contributed by atoms with Crippen LogP contribution in [0.3, 0.4) is 0 Å². The Kier molecular flexibility index (Phi) is 3.46. The zero-order valence-electron chi connectivity index (χ0n) is 7.33. The molecule has 5 heteroatoms. The van der Waals surface area contributed by atoms with Crippen molar-refractivity contribution in [3.63, 3.8) is 0 Å². The van der Waals surface area contributed by atoms with Crippen molar-refractivity contribution in [1.29, 1.82) is 0 Å². The molecular formula is C9H8BrFO3. The van der Waals surface area contributed by atoms with E-state index >= 15 is 0 Å². The van der Waals surface area contributed by atoms with Gasteiger partial charge in [-0.1, -0.05) is 15.9 Å². The number of aromatic hydroxyl groups is 1. The molecule has 0 spiro atoms. The highest BCUT2D eigenvalue weighted by Crippen LogP contribution is 2.35. The van der Waals surface area contributed by atoms with Crippen LogP contribution in [0.2, 0.25) is 0 Å². The van der Waals surface area contributed by atoms with E-state index in [1.807, 2.05) is 0 Å². The van der Waals surface area contributed by atoms with E-state index < -0.39 is 6.17 Å². The number of aldehydes is 1. The second-order valence-electron chi connectivity index (χ2n) is 2.58. The number of carbonyl (C=O) groups is 1. The predicted octanol–water partition coefficient (Wildman–Crippen LogP) is 2.37. The van der Waals surface area contributed by atoms with Gasteiger partial charge in [0, 0.05) is 10.0 Å². The molecule has 0 radical (unpaired) electrons. The topological polar surface area (TPSA) is 46.5 Å². The molecular weight excluding hydrogens is 255 g/mol. The zero-order chi connectivity index (χ0) is 10.7. The lowest BCUT2D eigenvalue weighted by Gasteiger charge is -2.08. The highest BCUT2D eigenvalue weighted by atomic mass is 79.9. The van der Waals surface area contributed by atoms with Crippen LogP contribution in [0.25, 0.3) is 0 Å². The molecule has 1 aromatic carbocycles. The first-order chi connectivity index (χ1) is 6.60. The van der Waals surface area contributed by atoms with Crippen LogP contribution in [0.4, 0.5) is 4.39 Å². The van der Waals surface area contributed by atoms with Crippen LogP contribution in [-0.4, -0.2) is 18.5 Å². The van der Waals surface area contributed by atoms with E-state index in [9.17, 15) is 14.3 Å². The second-order valence-corrected chi connectivity index (χ2v) is 3.44. The lowest BCUT2D eigenvalue weighted by atomic mass is 10.1. The Morgan fingerprint density at radius 1 is 1.64 bits per heavy atom. The van der Waals surface area contributed by atoms with E-state index in [-0.39, 0.29) is 23.3 Å². The van der Waals surface area contributed by atoms with Gasteiger partial charge >= 0.3 is 0 Å². The maximum atomic E-state index is 13.0. The lowest BCUT2D eigenvalue weighted by Crippen LogP contribution is -1.95.